The fraction of sp³-hybridized carbons (Fsp3) is 0.533. The molecule has 0 radical (unpaired) electrons. The Kier molecular flexibility index (Phi) is 9.58. The summed E-state index contributed by atoms with van der Waals surface area (Å²) < 4.78 is 11.3. The molecule has 0 spiro atoms. The topological polar surface area (TPSA) is 73.6 Å². The van der Waals surface area contributed by atoms with Gasteiger partial charge in [-0.15, -0.1) is 12.4 Å². The monoisotopic (exact) mass is 316 g/mol. The number of hydrogen-bond donors (Lipinski definition) is 2. The van der Waals surface area contributed by atoms with Gasteiger partial charge in [0.2, 0.25) is 5.91 Å². The van der Waals surface area contributed by atoms with Crippen molar-refractivity contribution in [3.63, 3.8) is 0 Å². The van der Waals surface area contributed by atoms with Gasteiger partial charge in [0.05, 0.1) is 19.3 Å². The highest BCUT2D eigenvalue weighted by Gasteiger charge is 2.11. The fourth-order valence-corrected chi connectivity index (χ4v) is 1.50. The maximum Gasteiger partial charge on any atom is 0.241 e. The molecule has 3 N–H and O–H groups in total. The van der Waals surface area contributed by atoms with Gasteiger partial charge in [-0.1, -0.05) is 13.8 Å². The number of hydrogen-bond acceptors (Lipinski definition) is 4. The molecule has 0 aromatic heterocycles. The van der Waals surface area contributed by atoms with Crippen molar-refractivity contribution in [3.05, 3.63) is 18.2 Å². The molecule has 120 valence electrons. The number of benzene rings is 1. The SMILES string of the molecule is CCCOc1ccc(NC(=O)C(C)N)cc1OCCC.Cl. The van der Waals surface area contributed by atoms with Crippen LogP contribution in [-0.2, 0) is 4.79 Å². The summed E-state index contributed by atoms with van der Waals surface area (Å²) in [5.41, 5.74) is 6.18. The number of nitrogens with one attached hydrogen (secondary N) is 1. The summed E-state index contributed by atoms with van der Waals surface area (Å²) in [5, 5.41) is 2.74. The molecule has 5 nitrogen and oxygen atoms in total. The number of nitrogens with two attached hydrogens (primary N) is 1. The van der Waals surface area contributed by atoms with Crippen molar-refractivity contribution in [1.29, 1.82) is 0 Å². The second-order valence-corrected chi connectivity index (χ2v) is 4.64. The average molecular weight is 317 g/mol. The lowest BCUT2D eigenvalue weighted by molar-refractivity contribution is -0.117. The molecular weight excluding hydrogens is 292 g/mol. The number of halogens is 1. The van der Waals surface area contributed by atoms with Crippen LogP contribution in [0.15, 0.2) is 18.2 Å². The summed E-state index contributed by atoms with van der Waals surface area (Å²) in [4.78, 5) is 11.6. The summed E-state index contributed by atoms with van der Waals surface area (Å²) in [6, 6.07) is 4.80. The van der Waals surface area contributed by atoms with E-state index in [1.807, 2.05) is 13.8 Å². The van der Waals surface area contributed by atoms with Crippen molar-refractivity contribution in [2.24, 2.45) is 5.73 Å². The highest BCUT2D eigenvalue weighted by Crippen LogP contribution is 2.31. The summed E-state index contributed by atoms with van der Waals surface area (Å²) in [6.07, 6.45) is 1.83. The van der Waals surface area contributed by atoms with Gasteiger partial charge >= 0.3 is 0 Å². The number of anilines is 1. The Bertz CT molecular complexity index is 439. The van der Waals surface area contributed by atoms with E-state index >= 15 is 0 Å². The fourth-order valence-electron chi connectivity index (χ4n) is 1.50. The van der Waals surface area contributed by atoms with Crippen LogP contribution in [0.4, 0.5) is 5.69 Å². The Morgan fingerprint density at radius 1 is 1.19 bits per heavy atom. The molecule has 0 bridgehead atoms. The van der Waals surface area contributed by atoms with Gasteiger partial charge in [0.1, 0.15) is 0 Å². The maximum absolute atomic E-state index is 11.6. The summed E-state index contributed by atoms with van der Waals surface area (Å²) in [5.74, 6) is 1.11. The minimum Gasteiger partial charge on any atom is -0.490 e. The van der Waals surface area contributed by atoms with Crippen LogP contribution in [-0.4, -0.2) is 25.2 Å². The van der Waals surface area contributed by atoms with Crippen LogP contribution in [0, 0.1) is 0 Å². The van der Waals surface area contributed by atoms with E-state index in [1.165, 1.54) is 0 Å². The third-order valence-electron chi connectivity index (χ3n) is 2.55. The third kappa shape index (κ3) is 6.69. The Morgan fingerprint density at radius 2 is 1.76 bits per heavy atom. The predicted octanol–water partition coefficient (Wildman–Crippen LogP) is 2.97. The molecule has 0 aliphatic heterocycles. The molecule has 0 saturated heterocycles. The molecule has 1 aromatic rings. The van der Waals surface area contributed by atoms with Crippen LogP contribution in [0.3, 0.4) is 0 Å². The van der Waals surface area contributed by atoms with Crippen LogP contribution in [0.5, 0.6) is 11.5 Å². The van der Waals surface area contributed by atoms with Crippen LogP contribution < -0.4 is 20.5 Å². The molecule has 0 aliphatic rings. The van der Waals surface area contributed by atoms with E-state index in [-0.39, 0.29) is 18.3 Å². The summed E-state index contributed by atoms with van der Waals surface area (Å²) in [7, 11) is 0. The molecular formula is C15H25ClN2O3. The van der Waals surface area contributed by atoms with Gasteiger partial charge in [0, 0.05) is 11.8 Å². The quantitative estimate of drug-likeness (QED) is 0.773. The Balaban J connectivity index is 0.00000400. The standard InChI is InChI=1S/C15H24N2O3.ClH/c1-4-8-19-13-7-6-12(17-15(18)11(3)16)10-14(13)20-9-5-2;/h6-7,10-11H,4-5,8-9,16H2,1-3H3,(H,17,18);1H. The zero-order valence-electron chi connectivity index (χ0n) is 12.8. The zero-order chi connectivity index (χ0) is 15.0. The summed E-state index contributed by atoms with van der Waals surface area (Å²) >= 11 is 0. The Hall–Kier alpha value is -1.46. The molecule has 0 saturated carbocycles. The molecule has 0 aliphatic carbocycles. The first kappa shape index (κ1) is 19.5. The molecule has 1 rings (SSSR count). The number of carbonyl (C=O) groups excluding carboxylic acids is 1. The Morgan fingerprint density at radius 3 is 2.29 bits per heavy atom. The van der Waals surface area contributed by atoms with Crippen molar-refractivity contribution >= 4 is 24.0 Å². The van der Waals surface area contributed by atoms with Crippen LogP contribution in [0.25, 0.3) is 0 Å². The van der Waals surface area contributed by atoms with E-state index < -0.39 is 6.04 Å². The molecule has 1 amide bonds. The lowest BCUT2D eigenvalue weighted by atomic mass is 10.2. The number of carbonyl (C=O) groups is 1. The first-order valence-corrected chi connectivity index (χ1v) is 7.04. The summed E-state index contributed by atoms with van der Waals surface area (Å²) in [6.45, 7) is 6.96. The second kappa shape index (κ2) is 10.3. The van der Waals surface area contributed by atoms with Gasteiger partial charge in [0.15, 0.2) is 11.5 Å². The first-order chi connectivity index (χ1) is 9.58. The van der Waals surface area contributed by atoms with E-state index in [0.29, 0.717) is 30.4 Å². The van der Waals surface area contributed by atoms with Crippen molar-refractivity contribution in [2.75, 3.05) is 18.5 Å². The Labute approximate surface area is 132 Å². The van der Waals surface area contributed by atoms with Crippen molar-refractivity contribution in [2.45, 2.75) is 39.7 Å². The largest absolute Gasteiger partial charge is 0.490 e. The molecule has 1 atom stereocenters. The second-order valence-electron chi connectivity index (χ2n) is 4.64. The van der Waals surface area contributed by atoms with Gasteiger partial charge in [-0.05, 0) is 31.9 Å². The predicted molar refractivity (Wildman–Crippen MR) is 87.5 cm³/mol. The van der Waals surface area contributed by atoms with E-state index in [1.54, 1.807) is 25.1 Å². The molecule has 6 heteroatoms. The normalized spacial score (nSPS) is 11.2. The van der Waals surface area contributed by atoms with Crippen LogP contribution in [0.1, 0.15) is 33.6 Å². The van der Waals surface area contributed by atoms with Gasteiger partial charge < -0.3 is 20.5 Å². The van der Waals surface area contributed by atoms with Crippen LogP contribution >= 0.6 is 12.4 Å². The molecule has 1 unspecified atom stereocenters. The highest BCUT2D eigenvalue weighted by atomic mass is 35.5. The molecule has 21 heavy (non-hydrogen) atoms. The molecule has 1 aromatic carbocycles. The van der Waals surface area contributed by atoms with Gasteiger partial charge in [-0.3, -0.25) is 4.79 Å². The lowest BCUT2D eigenvalue weighted by Gasteiger charge is -2.14. The lowest BCUT2D eigenvalue weighted by Crippen LogP contribution is -2.32. The number of amides is 1. The van der Waals surface area contributed by atoms with E-state index in [0.717, 1.165) is 12.8 Å². The minimum atomic E-state index is -0.550. The van der Waals surface area contributed by atoms with Crippen molar-refractivity contribution in [3.8, 4) is 11.5 Å². The van der Waals surface area contributed by atoms with Gasteiger partial charge in [-0.2, -0.15) is 0 Å². The highest BCUT2D eigenvalue weighted by molar-refractivity contribution is 5.94. The van der Waals surface area contributed by atoms with Crippen molar-refractivity contribution < 1.29 is 14.3 Å². The minimum absolute atomic E-state index is 0. The number of ether oxygens (including phenoxy) is 2. The number of rotatable bonds is 8. The average Bonchev–Trinajstić information content (AvgIpc) is 2.43. The first-order valence-electron chi connectivity index (χ1n) is 7.04. The smallest absolute Gasteiger partial charge is 0.241 e. The van der Waals surface area contributed by atoms with E-state index in [2.05, 4.69) is 5.32 Å². The third-order valence-corrected chi connectivity index (χ3v) is 2.55. The van der Waals surface area contributed by atoms with Gasteiger partial charge in [-0.25, -0.2) is 0 Å². The van der Waals surface area contributed by atoms with E-state index in [9.17, 15) is 4.79 Å². The zero-order valence-corrected chi connectivity index (χ0v) is 13.7. The van der Waals surface area contributed by atoms with E-state index in [4.69, 9.17) is 15.2 Å². The maximum atomic E-state index is 11.6. The van der Waals surface area contributed by atoms with Crippen molar-refractivity contribution in [1.82, 2.24) is 0 Å². The van der Waals surface area contributed by atoms with Gasteiger partial charge in [0.25, 0.3) is 0 Å². The van der Waals surface area contributed by atoms with Crippen LogP contribution in [0.2, 0.25) is 0 Å². The molecule has 0 fully saturated rings. The molecule has 0 heterocycles.